The number of hydrogen-bond donors (Lipinski definition) is 0. The minimum atomic E-state index is -3.09. The quantitative estimate of drug-likeness (QED) is 0.610. The van der Waals surface area contributed by atoms with Crippen LogP contribution in [0.5, 0.6) is 0 Å². The Hall–Kier alpha value is -0.0700. The summed E-state index contributed by atoms with van der Waals surface area (Å²) >= 11 is 0. The molecule has 0 saturated carbocycles. The zero-order valence-corrected chi connectivity index (χ0v) is 8.59. The second-order valence-electron chi connectivity index (χ2n) is 4.46. The predicted molar refractivity (Wildman–Crippen MR) is 57.7 cm³/mol. The molecule has 80 valence electrons. The highest BCUT2D eigenvalue weighted by Crippen LogP contribution is 2.38. The Kier molecular flexibility index (Phi) is 0.966. The molecule has 0 aromatic carbocycles. The van der Waals surface area contributed by atoms with Gasteiger partial charge in [0.05, 0.1) is 0 Å². The van der Waals surface area contributed by atoms with Crippen molar-refractivity contribution in [3.05, 3.63) is 0 Å². The van der Waals surface area contributed by atoms with Crippen molar-refractivity contribution in [2.24, 2.45) is 10.8 Å². The predicted octanol–water partition coefficient (Wildman–Crippen LogP) is 4.59. The van der Waals surface area contributed by atoms with Crippen LogP contribution in [0.15, 0.2) is 0 Å². The molecule has 0 unspecified atom stereocenters. The maximum absolute atomic E-state index is 15.3. The molecule has 0 heterocycles. The van der Waals surface area contributed by atoms with Gasteiger partial charge in [-0.2, -0.15) is 0 Å². The summed E-state index contributed by atoms with van der Waals surface area (Å²) in [5, 5.41) is 0. The Morgan fingerprint density at radius 1 is 1.08 bits per heavy atom. The maximum Gasteiger partial charge on any atom is 0.109 e. The Balaban J connectivity index is 6.17. The van der Waals surface area contributed by atoms with Crippen LogP contribution in [0, 0.1) is 10.8 Å². The summed E-state index contributed by atoms with van der Waals surface area (Å²) in [5.74, 6) is 0. The van der Waals surface area contributed by atoms with E-state index in [0.29, 0.717) is 0 Å². The summed E-state index contributed by atoms with van der Waals surface area (Å²) in [6.07, 6.45) is -4.19. The lowest BCUT2D eigenvalue weighted by Gasteiger charge is -2.33. The van der Waals surface area contributed by atoms with Crippen molar-refractivity contribution in [3.8, 4) is 0 Å². The maximum atomic E-state index is 15.3. The normalized spacial score (nSPS) is 35.0. The fourth-order valence-corrected chi connectivity index (χ4v) is 1.36. The first-order valence-corrected chi connectivity index (χ1v) is 4.15. The molecule has 0 rings (SSSR count). The first-order valence-electron chi connectivity index (χ1n) is 9.65. The third-order valence-electron chi connectivity index (χ3n) is 1.26. The highest BCUT2D eigenvalue weighted by Gasteiger charge is 2.33. The first kappa shape index (κ1) is 3.50. The highest BCUT2D eigenvalue weighted by atomic mass is 19.1. The van der Waals surface area contributed by atoms with Crippen LogP contribution in [0.1, 0.15) is 76.1 Å². The molecule has 0 N–H and O–H groups in total. The summed E-state index contributed by atoms with van der Waals surface area (Å²) in [4.78, 5) is 0. The largest absolute Gasteiger partial charge is 0.244 e. The number of alkyl halides is 1. The fraction of sp³-hybridized carbons (Fsp3) is 1.00. The average molecular weight is 199 g/mol. The molecule has 0 fully saturated rings. The van der Waals surface area contributed by atoms with Gasteiger partial charge in [-0.15, -0.1) is 0 Å². The minimum Gasteiger partial charge on any atom is -0.244 e. The second-order valence-corrected chi connectivity index (χ2v) is 4.46. The van der Waals surface area contributed by atoms with Gasteiger partial charge in [-0.1, -0.05) is 41.3 Å². The van der Waals surface area contributed by atoms with E-state index in [9.17, 15) is 0 Å². The average Bonchev–Trinajstić information content (AvgIpc) is 2.22. The van der Waals surface area contributed by atoms with Crippen molar-refractivity contribution < 1.29 is 19.5 Å². The van der Waals surface area contributed by atoms with E-state index in [4.69, 9.17) is 15.1 Å². The van der Waals surface area contributed by atoms with Crippen LogP contribution >= 0.6 is 0 Å². The minimum absolute atomic E-state index is 0.718. The molecule has 0 aliphatic carbocycles. The van der Waals surface area contributed by atoms with Gasteiger partial charge in [0.2, 0.25) is 0 Å². The van der Waals surface area contributed by atoms with Gasteiger partial charge in [-0.3, -0.25) is 0 Å². The van der Waals surface area contributed by atoms with E-state index < -0.39 is 49.8 Å². The molecular weight excluding hydrogens is 163 g/mol. The van der Waals surface area contributed by atoms with Gasteiger partial charge in [0, 0.05) is 15.1 Å². The molecule has 1 atom stereocenters. The Labute approximate surface area is 98.4 Å². The monoisotopic (exact) mass is 199 g/mol. The zero-order chi connectivity index (χ0) is 20.2. The van der Waals surface area contributed by atoms with Crippen molar-refractivity contribution in [1.29, 1.82) is 0 Å². The lowest BCUT2D eigenvalue weighted by atomic mass is 9.76. The Morgan fingerprint density at radius 2 is 1.54 bits per heavy atom. The standard InChI is InChI=1S/C12H25F/c1-10(2,3)8-12(7,13)9-11(4,5)6/h8-9H2,1-7H3/i1D3,2D3,4D3,9D2/t12-/m1/s1. The molecule has 0 aromatic heterocycles. The van der Waals surface area contributed by atoms with E-state index in [2.05, 4.69) is 0 Å². The van der Waals surface area contributed by atoms with Crippen molar-refractivity contribution in [3.63, 3.8) is 0 Å². The molecule has 0 aromatic rings. The van der Waals surface area contributed by atoms with E-state index in [-0.39, 0.29) is 0 Å². The lowest BCUT2D eigenvalue weighted by molar-refractivity contribution is 0.0707. The van der Waals surface area contributed by atoms with Crippen molar-refractivity contribution >= 4 is 0 Å². The van der Waals surface area contributed by atoms with E-state index in [0.717, 1.165) is 27.7 Å². The van der Waals surface area contributed by atoms with Gasteiger partial charge >= 0.3 is 0 Å². The molecule has 13 heavy (non-hydrogen) atoms. The number of hydrogen-bond acceptors (Lipinski definition) is 0. The molecule has 0 radical (unpaired) electrons. The molecular formula is C12H25F. The highest BCUT2D eigenvalue weighted by molar-refractivity contribution is 4.84. The SMILES string of the molecule is [2H]C([2H])([2H])C(C)(C)C([2H])([2H])[C@](C)(F)CC(C)(C([2H])([2H])[2H])C([2H])([2H])[2H]. The molecule has 1 heteroatoms. The Morgan fingerprint density at radius 3 is 1.92 bits per heavy atom. The second kappa shape index (κ2) is 3.59. The van der Waals surface area contributed by atoms with E-state index in [1.54, 1.807) is 0 Å². The molecule has 0 aliphatic rings. The molecule has 0 saturated heterocycles. The topological polar surface area (TPSA) is 0 Å². The van der Waals surface area contributed by atoms with Gasteiger partial charge in [-0.05, 0) is 30.5 Å². The first-order chi connectivity index (χ1) is 9.96. The van der Waals surface area contributed by atoms with Gasteiger partial charge in [-0.25, -0.2) is 4.39 Å². The summed E-state index contributed by atoms with van der Waals surface area (Å²) in [6, 6.07) is 0. The number of halogens is 1. The van der Waals surface area contributed by atoms with Gasteiger partial charge in [0.15, 0.2) is 0 Å². The van der Waals surface area contributed by atoms with Gasteiger partial charge < -0.3 is 0 Å². The van der Waals surface area contributed by atoms with Crippen molar-refractivity contribution in [2.75, 3.05) is 0 Å². The smallest absolute Gasteiger partial charge is 0.109 e. The third kappa shape index (κ3) is 8.27. The van der Waals surface area contributed by atoms with E-state index in [1.165, 1.54) is 0 Å². The fourth-order valence-electron chi connectivity index (χ4n) is 1.36. The van der Waals surface area contributed by atoms with Crippen LogP contribution in [0.25, 0.3) is 0 Å². The van der Waals surface area contributed by atoms with Gasteiger partial charge in [0.1, 0.15) is 5.67 Å². The van der Waals surface area contributed by atoms with Crippen LogP contribution in [0.2, 0.25) is 0 Å². The van der Waals surface area contributed by atoms with Crippen LogP contribution in [0.3, 0.4) is 0 Å². The van der Waals surface area contributed by atoms with E-state index >= 15 is 4.39 Å². The molecule has 0 bridgehead atoms. The molecule has 0 spiro atoms. The van der Waals surface area contributed by atoms with Gasteiger partial charge in [0.25, 0.3) is 0 Å². The van der Waals surface area contributed by atoms with Crippen LogP contribution in [-0.4, -0.2) is 5.67 Å². The van der Waals surface area contributed by atoms with Crippen LogP contribution < -0.4 is 0 Å². The molecule has 0 nitrogen and oxygen atoms in total. The van der Waals surface area contributed by atoms with E-state index in [1.807, 2.05) is 0 Å². The van der Waals surface area contributed by atoms with Crippen molar-refractivity contribution in [1.82, 2.24) is 0 Å². The summed E-state index contributed by atoms with van der Waals surface area (Å²) in [7, 11) is 0. The molecule has 0 aliphatic heterocycles. The Bertz CT molecular complexity index is 439. The number of rotatable bonds is 2. The molecule has 0 amide bonds. The lowest BCUT2D eigenvalue weighted by Crippen LogP contribution is -2.30. The van der Waals surface area contributed by atoms with Crippen LogP contribution in [-0.2, 0) is 0 Å². The summed E-state index contributed by atoms with van der Waals surface area (Å²) in [6.45, 7) is -5.46. The van der Waals surface area contributed by atoms with Crippen molar-refractivity contribution in [2.45, 2.75) is 66.7 Å². The summed E-state index contributed by atoms with van der Waals surface area (Å²) < 4.78 is 98.6. The zero-order valence-electron chi connectivity index (χ0n) is 19.6. The summed E-state index contributed by atoms with van der Waals surface area (Å²) in [5.41, 5.74) is -7.72. The van der Waals surface area contributed by atoms with Crippen LogP contribution in [0.4, 0.5) is 4.39 Å². The third-order valence-corrected chi connectivity index (χ3v) is 1.26.